The second kappa shape index (κ2) is 6.25. The van der Waals surface area contributed by atoms with Gasteiger partial charge in [0.15, 0.2) is 0 Å². The molecule has 0 radical (unpaired) electrons. The summed E-state index contributed by atoms with van der Waals surface area (Å²) in [6.45, 7) is 2.05. The lowest BCUT2D eigenvalue weighted by atomic mass is 10.2. The first-order valence-electron chi connectivity index (χ1n) is 5.80. The Kier molecular flexibility index (Phi) is 4.42. The highest BCUT2D eigenvalue weighted by Crippen LogP contribution is 2.26. The van der Waals surface area contributed by atoms with Crippen LogP contribution in [0.3, 0.4) is 0 Å². The Bertz CT molecular complexity index is 648. The third-order valence-corrected chi connectivity index (χ3v) is 2.72. The first-order valence-corrected chi connectivity index (χ1v) is 6.18. The van der Waals surface area contributed by atoms with Crippen molar-refractivity contribution in [3.05, 3.63) is 52.4 Å². The van der Waals surface area contributed by atoms with Gasteiger partial charge in [-0.05, 0) is 30.7 Å². The van der Waals surface area contributed by atoms with Crippen LogP contribution in [0.2, 0.25) is 5.02 Å². The average molecular weight is 294 g/mol. The van der Waals surface area contributed by atoms with E-state index in [0.29, 0.717) is 27.8 Å². The molecule has 20 heavy (non-hydrogen) atoms. The smallest absolute Gasteiger partial charge is 0.328 e. The van der Waals surface area contributed by atoms with Gasteiger partial charge in [-0.1, -0.05) is 22.8 Å². The van der Waals surface area contributed by atoms with Crippen molar-refractivity contribution in [3.8, 4) is 5.75 Å². The summed E-state index contributed by atoms with van der Waals surface area (Å²) in [5.74, 6) is 0.200. The predicted molar refractivity (Wildman–Crippen MR) is 73.7 cm³/mol. The lowest BCUT2D eigenvalue weighted by Gasteiger charge is -2.06. The fourth-order valence-electron chi connectivity index (χ4n) is 1.54. The van der Waals surface area contributed by atoms with E-state index in [-0.39, 0.29) is 6.61 Å². The van der Waals surface area contributed by atoms with Gasteiger partial charge >= 0.3 is 5.97 Å². The van der Waals surface area contributed by atoms with E-state index in [1.54, 1.807) is 31.2 Å². The fraction of sp³-hybridized carbons (Fsp3) is 0.143. The molecule has 0 saturated heterocycles. The Morgan fingerprint density at radius 3 is 2.90 bits per heavy atom. The number of nitrogens with zero attached hydrogens (tertiary/aromatic N) is 1. The zero-order valence-corrected chi connectivity index (χ0v) is 11.4. The quantitative estimate of drug-likeness (QED) is 0.856. The first-order chi connectivity index (χ1) is 9.54. The number of carbonyl (C=O) groups is 1. The van der Waals surface area contributed by atoms with Crippen LogP contribution >= 0.6 is 11.6 Å². The summed E-state index contributed by atoms with van der Waals surface area (Å²) in [5.41, 5.74) is 1.36. The SMILES string of the molecule is Cc1cc(COc2ccc(C=CC(=O)O)cc2Cl)no1. The molecule has 1 aromatic carbocycles. The summed E-state index contributed by atoms with van der Waals surface area (Å²) in [4.78, 5) is 10.4. The molecule has 0 aliphatic heterocycles. The number of carboxylic acid groups (broad SMARTS) is 1. The van der Waals surface area contributed by atoms with E-state index in [1.807, 2.05) is 0 Å². The van der Waals surface area contributed by atoms with Crippen LogP contribution in [-0.4, -0.2) is 16.2 Å². The molecule has 1 heterocycles. The van der Waals surface area contributed by atoms with Crippen molar-refractivity contribution >= 4 is 23.6 Å². The summed E-state index contributed by atoms with van der Waals surface area (Å²) >= 11 is 6.07. The second-order valence-corrected chi connectivity index (χ2v) is 4.49. The molecule has 5 nitrogen and oxygen atoms in total. The summed E-state index contributed by atoms with van der Waals surface area (Å²) in [7, 11) is 0. The van der Waals surface area contributed by atoms with Gasteiger partial charge in [-0.3, -0.25) is 0 Å². The number of carboxylic acids is 1. The number of hydrogen-bond donors (Lipinski definition) is 1. The molecule has 0 aliphatic carbocycles. The van der Waals surface area contributed by atoms with Crippen LogP contribution < -0.4 is 4.74 Å². The highest BCUT2D eigenvalue weighted by Gasteiger charge is 2.05. The van der Waals surface area contributed by atoms with Gasteiger partial charge < -0.3 is 14.4 Å². The maximum atomic E-state index is 10.4. The zero-order valence-electron chi connectivity index (χ0n) is 10.7. The molecule has 0 spiro atoms. The number of aromatic nitrogens is 1. The van der Waals surface area contributed by atoms with Crippen LogP contribution in [0.4, 0.5) is 0 Å². The van der Waals surface area contributed by atoms with E-state index in [2.05, 4.69) is 5.16 Å². The molecule has 0 atom stereocenters. The molecular weight excluding hydrogens is 282 g/mol. The Morgan fingerprint density at radius 1 is 1.50 bits per heavy atom. The molecule has 104 valence electrons. The van der Waals surface area contributed by atoms with Gasteiger partial charge in [0.2, 0.25) is 0 Å². The molecule has 1 aromatic heterocycles. The van der Waals surface area contributed by atoms with Gasteiger partial charge in [-0.25, -0.2) is 4.79 Å². The minimum Gasteiger partial charge on any atom is -0.486 e. The van der Waals surface area contributed by atoms with E-state index in [9.17, 15) is 4.79 Å². The summed E-state index contributed by atoms with van der Waals surface area (Å²) in [6, 6.07) is 6.80. The van der Waals surface area contributed by atoms with Gasteiger partial charge in [-0.2, -0.15) is 0 Å². The summed E-state index contributed by atoms with van der Waals surface area (Å²) < 4.78 is 10.5. The maximum absolute atomic E-state index is 10.4. The second-order valence-electron chi connectivity index (χ2n) is 4.08. The van der Waals surface area contributed by atoms with Crippen molar-refractivity contribution in [3.63, 3.8) is 0 Å². The zero-order chi connectivity index (χ0) is 14.5. The van der Waals surface area contributed by atoms with E-state index < -0.39 is 5.97 Å². The Labute approximate surface area is 120 Å². The third-order valence-electron chi connectivity index (χ3n) is 2.43. The number of aryl methyl sites for hydroxylation is 1. The number of rotatable bonds is 5. The van der Waals surface area contributed by atoms with Gasteiger partial charge in [0.25, 0.3) is 0 Å². The number of aliphatic carboxylic acids is 1. The van der Waals surface area contributed by atoms with Gasteiger partial charge in [-0.15, -0.1) is 0 Å². The van der Waals surface area contributed by atoms with E-state index in [0.717, 1.165) is 6.08 Å². The third kappa shape index (κ3) is 3.86. The maximum Gasteiger partial charge on any atom is 0.328 e. The van der Waals surface area contributed by atoms with E-state index >= 15 is 0 Å². The molecule has 2 aromatic rings. The number of hydrogen-bond acceptors (Lipinski definition) is 4. The Morgan fingerprint density at radius 2 is 2.30 bits per heavy atom. The van der Waals surface area contributed by atoms with Crippen LogP contribution in [0, 0.1) is 6.92 Å². The van der Waals surface area contributed by atoms with Crippen molar-refractivity contribution in [1.82, 2.24) is 5.16 Å². The average Bonchev–Trinajstić information content (AvgIpc) is 2.81. The fourth-order valence-corrected chi connectivity index (χ4v) is 1.79. The normalized spacial score (nSPS) is 10.9. The van der Waals surface area contributed by atoms with Crippen molar-refractivity contribution in [1.29, 1.82) is 0 Å². The lowest BCUT2D eigenvalue weighted by molar-refractivity contribution is -0.131. The largest absolute Gasteiger partial charge is 0.486 e. The van der Waals surface area contributed by atoms with Crippen LogP contribution in [-0.2, 0) is 11.4 Å². The molecule has 6 heteroatoms. The molecule has 0 amide bonds. The molecule has 2 rings (SSSR count). The Balaban J connectivity index is 2.04. The molecule has 0 saturated carbocycles. The predicted octanol–water partition coefficient (Wildman–Crippen LogP) is 3.31. The van der Waals surface area contributed by atoms with Crippen molar-refractivity contribution in [2.75, 3.05) is 0 Å². The standard InChI is InChI=1S/C14H12ClNO4/c1-9-6-11(16-20-9)8-19-13-4-2-10(7-12(13)15)3-5-14(17)18/h2-7H,8H2,1H3,(H,17,18). The molecule has 0 aliphatic rings. The summed E-state index contributed by atoms with van der Waals surface area (Å²) in [6.07, 6.45) is 2.50. The highest BCUT2D eigenvalue weighted by atomic mass is 35.5. The topological polar surface area (TPSA) is 72.6 Å². The van der Waals surface area contributed by atoms with Crippen molar-refractivity contribution in [2.24, 2.45) is 0 Å². The molecule has 0 bridgehead atoms. The number of halogens is 1. The minimum absolute atomic E-state index is 0.251. The minimum atomic E-state index is -1.01. The molecule has 1 N–H and O–H groups in total. The molecule has 0 fully saturated rings. The molecule has 0 unspecified atom stereocenters. The van der Waals surface area contributed by atoms with E-state index in [4.69, 9.17) is 26.0 Å². The monoisotopic (exact) mass is 293 g/mol. The first kappa shape index (κ1) is 14.1. The van der Waals surface area contributed by atoms with Crippen LogP contribution in [0.5, 0.6) is 5.75 Å². The van der Waals surface area contributed by atoms with Gasteiger partial charge in [0, 0.05) is 12.1 Å². The highest BCUT2D eigenvalue weighted by molar-refractivity contribution is 6.32. The van der Waals surface area contributed by atoms with Crippen molar-refractivity contribution < 1.29 is 19.2 Å². The number of benzene rings is 1. The Hall–Kier alpha value is -2.27. The summed E-state index contributed by atoms with van der Waals surface area (Å²) in [5, 5.41) is 12.8. The van der Waals surface area contributed by atoms with Gasteiger partial charge in [0.05, 0.1) is 5.02 Å². The van der Waals surface area contributed by atoms with E-state index in [1.165, 1.54) is 6.08 Å². The van der Waals surface area contributed by atoms with Gasteiger partial charge in [0.1, 0.15) is 23.8 Å². The van der Waals surface area contributed by atoms with Crippen LogP contribution in [0.25, 0.3) is 6.08 Å². The van der Waals surface area contributed by atoms with Crippen LogP contribution in [0.15, 0.2) is 34.9 Å². The lowest BCUT2D eigenvalue weighted by Crippen LogP contribution is -1.96. The van der Waals surface area contributed by atoms with Crippen LogP contribution in [0.1, 0.15) is 17.0 Å². The number of ether oxygens (including phenoxy) is 1. The van der Waals surface area contributed by atoms with Crippen molar-refractivity contribution in [2.45, 2.75) is 13.5 Å². The molecular formula is C14H12ClNO4.